The molecule has 0 bridgehead atoms. The molecule has 210 valence electrons. The van der Waals surface area contributed by atoms with Gasteiger partial charge in [-0.05, 0) is 54.7 Å². The van der Waals surface area contributed by atoms with Gasteiger partial charge in [0.05, 0.1) is 27.1 Å². The number of amides is 1. The van der Waals surface area contributed by atoms with E-state index in [0.29, 0.717) is 47.5 Å². The Kier molecular flexibility index (Phi) is 7.63. The summed E-state index contributed by atoms with van der Waals surface area (Å²) in [4.78, 5) is 15.8. The number of nitrogens with one attached hydrogen (secondary N) is 1. The standard InChI is InChI=1S/C24H26N4O4S.C4H7N3/c1-27-11-9-23(26-27)25-24(29)18(13-16-10-12-32-15-16)17-7-8-22-20(14-17)28(2)19-5-3-4-6-21(19)33(22,30)31;1-7-3-2-4(5)6-7/h3-9,11,14,16,18H,10,12-13,15H2,1-2H3,(H,25,26,29);2-3H,1H3,(H2,5,6). The maximum Gasteiger partial charge on any atom is 0.233 e. The number of carbonyl (C=O) groups excluding carboxylic acids is 1. The predicted octanol–water partition coefficient (Wildman–Crippen LogP) is 3.49. The van der Waals surface area contributed by atoms with Crippen LogP contribution in [0, 0.1) is 5.92 Å². The van der Waals surface area contributed by atoms with Crippen LogP contribution in [-0.2, 0) is 33.5 Å². The van der Waals surface area contributed by atoms with Gasteiger partial charge in [0.1, 0.15) is 5.82 Å². The third-order valence-electron chi connectivity index (χ3n) is 7.16. The van der Waals surface area contributed by atoms with Gasteiger partial charge in [-0.15, -0.1) is 0 Å². The molecule has 2 unspecified atom stereocenters. The van der Waals surface area contributed by atoms with Gasteiger partial charge < -0.3 is 20.7 Å². The quantitative estimate of drug-likeness (QED) is 0.377. The van der Waals surface area contributed by atoms with Crippen LogP contribution in [0.2, 0.25) is 0 Å². The predicted molar refractivity (Wildman–Crippen MR) is 152 cm³/mol. The van der Waals surface area contributed by atoms with E-state index < -0.39 is 15.8 Å². The van der Waals surface area contributed by atoms with Crippen molar-refractivity contribution in [2.75, 3.05) is 36.2 Å². The molecule has 6 rings (SSSR count). The molecule has 1 fully saturated rings. The molecule has 1 amide bonds. The lowest BCUT2D eigenvalue weighted by Crippen LogP contribution is -2.26. The lowest BCUT2D eigenvalue weighted by Gasteiger charge is -2.31. The van der Waals surface area contributed by atoms with Crippen molar-refractivity contribution in [2.45, 2.75) is 28.6 Å². The number of nitrogen functional groups attached to an aromatic ring is 1. The number of aryl methyl sites for hydroxylation is 2. The number of carbonyl (C=O) groups is 1. The number of hydrogen-bond donors (Lipinski definition) is 2. The van der Waals surface area contributed by atoms with Gasteiger partial charge in [-0.2, -0.15) is 10.2 Å². The van der Waals surface area contributed by atoms with Crippen molar-refractivity contribution in [1.29, 1.82) is 0 Å². The van der Waals surface area contributed by atoms with E-state index in [1.165, 1.54) is 0 Å². The van der Waals surface area contributed by atoms with Crippen molar-refractivity contribution >= 4 is 38.8 Å². The van der Waals surface area contributed by atoms with E-state index in [0.717, 1.165) is 12.0 Å². The summed E-state index contributed by atoms with van der Waals surface area (Å²) in [5.74, 6) is 0.700. The summed E-state index contributed by atoms with van der Waals surface area (Å²) in [6.07, 6.45) is 5.09. The molecule has 40 heavy (non-hydrogen) atoms. The van der Waals surface area contributed by atoms with Crippen molar-refractivity contribution in [1.82, 2.24) is 19.6 Å². The molecule has 0 aliphatic carbocycles. The number of aromatic nitrogens is 4. The van der Waals surface area contributed by atoms with Crippen molar-refractivity contribution < 1.29 is 17.9 Å². The summed E-state index contributed by atoms with van der Waals surface area (Å²) in [7, 11) is 1.83. The van der Waals surface area contributed by atoms with E-state index in [2.05, 4.69) is 15.5 Å². The Balaban J connectivity index is 0.000000403. The zero-order valence-corrected chi connectivity index (χ0v) is 23.5. The second kappa shape index (κ2) is 11.1. The number of ether oxygens (including phenoxy) is 1. The highest BCUT2D eigenvalue weighted by molar-refractivity contribution is 7.92. The molecule has 2 aromatic heterocycles. The molecule has 12 heteroatoms. The van der Waals surface area contributed by atoms with Gasteiger partial charge in [0.2, 0.25) is 15.7 Å². The first-order chi connectivity index (χ1) is 19.1. The van der Waals surface area contributed by atoms with Crippen LogP contribution in [0.4, 0.5) is 23.0 Å². The lowest BCUT2D eigenvalue weighted by atomic mass is 9.87. The monoisotopic (exact) mass is 563 g/mol. The smallest absolute Gasteiger partial charge is 0.233 e. The Morgan fingerprint density at radius 3 is 2.38 bits per heavy atom. The number of rotatable bonds is 5. The third kappa shape index (κ3) is 5.58. The fourth-order valence-electron chi connectivity index (χ4n) is 5.08. The number of benzene rings is 2. The minimum Gasteiger partial charge on any atom is -0.382 e. The van der Waals surface area contributed by atoms with E-state index in [1.807, 2.05) is 31.1 Å². The van der Waals surface area contributed by atoms with Gasteiger partial charge in [0, 0.05) is 52.8 Å². The van der Waals surface area contributed by atoms with Crippen molar-refractivity contribution in [3.8, 4) is 0 Å². The number of hydrogen-bond acceptors (Lipinski definition) is 8. The van der Waals surface area contributed by atoms with Gasteiger partial charge in [-0.1, -0.05) is 18.2 Å². The van der Waals surface area contributed by atoms with Crippen molar-refractivity contribution in [2.24, 2.45) is 20.0 Å². The molecule has 0 spiro atoms. The number of fused-ring (bicyclic) bond motifs is 2. The first kappa shape index (κ1) is 27.4. The zero-order valence-electron chi connectivity index (χ0n) is 22.7. The molecule has 4 heterocycles. The number of para-hydroxylation sites is 1. The molecule has 4 aromatic rings. The largest absolute Gasteiger partial charge is 0.382 e. The second-order valence-electron chi connectivity index (χ2n) is 10.1. The van der Waals surface area contributed by atoms with Gasteiger partial charge in [-0.25, -0.2) is 8.42 Å². The minimum atomic E-state index is -3.64. The molecule has 1 saturated heterocycles. The topological polar surface area (TPSA) is 137 Å². The van der Waals surface area contributed by atoms with E-state index in [1.54, 1.807) is 71.3 Å². The molecule has 2 aliphatic heterocycles. The fraction of sp³-hybridized carbons (Fsp3) is 0.321. The fourth-order valence-corrected chi connectivity index (χ4v) is 6.77. The van der Waals surface area contributed by atoms with Crippen LogP contribution >= 0.6 is 0 Å². The van der Waals surface area contributed by atoms with Gasteiger partial charge in [-0.3, -0.25) is 14.2 Å². The average molecular weight is 564 g/mol. The number of nitrogens with two attached hydrogens (primary N) is 1. The maximum absolute atomic E-state index is 13.4. The summed E-state index contributed by atoms with van der Waals surface area (Å²) in [5.41, 5.74) is 7.22. The molecule has 2 atom stereocenters. The SMILES string of the molecule is CN1c2ccccc2S(=O)(=O)c2ccc(C(CC3CCOC3)C(=O)Nc3ccn(C)n3)cc21.Cn1ccc(N)n1. The van der Waals surface area contributed by atoms with Crippen LogP contribution in [-0.4, -0.2) is 54.1 Å². The summed E-state index contributed by atoms with van der Waals surface area (Å²) in [5, 5.41) is 11.0. The number of sulfone groups is 1. The van der Waals surface area contributed by atoms with E-state index in [-0.39, 0.29) is 16.7 Å². The van der Waals surface area contributed by atoms with Crippen LogP contribution in [0.25, 0.3) is 0 Å². The van der Waals surface area contributed by atoms with E-state index >= 15 is 0 Å². The van der Waals surface area contributed by atoms with Crippen molar-refractivity contribution in [3.05, 3.63) is 72.6 Å². The normalized spacial score (nSPS) is 17.8. The molecule has 0 radical (unpaired) electrons. The summed E-state index contributed by atoms with van der Waals surface area (Å²) < 4.78 is 35.3. The Bertz CT molecular complexity index is 1610. The molecular formula is C28H33N7O4S. The molecule has 3 N–H and O–H groups in total. The van der Waals surface area contributed by atoms with Gasteiger partial charge in [0.25, 0.3) is 0 Å². The first-order valence-corrected chi connectivity index (χ1v) is 14.5. The summed E-state index contributed by atoms with van der Waals surface area (Å²) in [6.45, 7) is 1.32. The van der Waals surface area contributed by atoms with Crippen LogP contribution in [0.3, 0.4) is 0 Å². The Hall–Kier alpha value is -4.16. The molecule has 2 aliphatic rings. The van der Waals surface area contributed by atoms with Crippen LogP contribution in [0.1, 0.15) is 24.3 Å². The highest BCUT2D eigenvalue weighted by atomic mass is 32.2. The molecule has 11 nitrogen and oxygen atoms in total. The van der Waals surface area contributed by atoms with E-state index in [9.17, 15) is 13.2 Å². The molecular weight excluding hydrogens is 530 g/mol. The Morgan fingerprint density at radius 1 is 1.02 bits per heavy atom. The molecule has 2 aromatic carbocycles. The number of nitrogens with zero attached hydrogens (tertiary/aromatic N) is 5. The maximum atomic E-state index is 13.4. The highest BCUT2D eigenvalue weighted by Gasteiger charge is 2.34. The van der Waals surface area contributed by atoms with E-state index in [4.69, 9.17) is 10.5 Å². The van der Waals surface area contributed by atoms with Crippen LogP contribution in [0.5, 0.6) is 0 Å². The third-order valence-corrected chi connectivity index (χ3v) is 9.01. The van der Waals surface area contributed by atoms with Gasteiger partial charge in [0.15, 0.2) is 5.82 Å². The van der Waals surface area contributed by atoms with Gasteiger partial charge >= 0.3 is 0 Å². The lowest BCUT2D eigenvalue weighted by molar-refractivity contribution is -0.118. The summed E-state index contributed by atoms with van der Waals surface area (Å²) >= 11 is 0. The molecule has 0 saturated carbocycles. The first-order valence-electron chi connectivity index (χ1n) is 13.0. The summed E-state index contributed by atoms with van der Waals surface area (Å²) in [6, 6.07) is 15.7. The Morgan fingerprint density at radius 2 is 1.75 bits per heavy atom. The second-order valence-corrected chi connectivity index (χ2v) is 11.9. The van der Waals surface area contributed by atoms with Crippen molar-refractivity contribution in [3.63, 3.8) is 0 Å². The van der Waals surface area contributed by atoms with Crippen LogP contribution < -0.4 is 16.0 Å². The highest BCUT2D eigenvalue weighted by Crippen LogP contribution is 2.44. The minimum absolute atomic E-state index is 0.165. The zero-order chi connectivity index (χ0) is 28.4. The number of anilines is 4. The Labute approximate surface area is 233 Å². The van der Waals surface area contributed by atoms with Crippen LogP contribution in [0.15, 0.2) is 76.8 Å². The average Bonchev–Trinajstić information content (AvgIpc) is 3.69.